The molecule has 1 N–H and O–H groups in total. The average Bonchev–Trinajstić information content (AvgIpc) is 2.94. The van der Waals surface area contributed by atoms with Crippen molar-refractivity contribution in [1.29, 1.82) is 0 Å². The van der Waals surface area contributed by atoms with Crippen molar-refractivity contribution in [2.24, 2.45) is 0 Å². The van der Waals surface area contributed by atoms with Crippen LogP contribution in [0.2, 0.25) is 0 Å². The Morgan fingerprint density at radius 1 is 1.64 bits per heavy atom. The van der Waals surface area contributed by atoms with Crippen molar-refractivity contribution < 1.29 is 0 Å². The lowest BCUT2D eigenvalue weighted by Gasteiger charge is -2.10. The number of rotatable bonds is 5. The lowest BCUT2D eigenvalue weighted by Crippen LogP contribution is -2.24. The molecule has 0 aromatic carbocycles. The van der Waals surface area contributed by atoms with Crippen LogP contribution in [0.15, 0.2) is 5.51 Å². The van der Waals surface area contributed by atoms with Gasteiger partial charge in [-0.2, -0.15) is 0 Å². The van der Waals surface area contributed by atoms with E-state index in [0.29, 0.717) is 6.04 Å². The Morgan fingerprint density at radius 2 is 2.43 bits per heavy atom. The van der Waals surface area contributed by atoms with Gasteiger partial charge in [-0.25, -0.2) is 4.98 Å². The highest BCUT2D eigenvalue weighted by Crippen LogP contribution is 2.41. The maximum atomic E-state index is 4.46. The summed E-state index contributed by atoms with van der Waals surface area (Å²) in [5.74, 6) is 0.787. The highest BCUT2D eigenvalue weighted by molar-refractivity contribution is 7.09. The highest BCUT2D eigenvalue weighted by Gasteiger charge is 2.28. The number of aromatic nitrogens is 1. The van der Waals surface area contributed by atoms with E-state index in [1.165, 1.54) is 29.8 Å². The molecule has 1 fully saturated rings. The number of hydrogen-bond donors (Lipinski definition) is 1. The third-order valence-electron chi connectivity index (χ3n) is 2.86. The minimum atomic E-state index is 0.615. The molecule has 1 aromatic heterocycles. The summed E-state index contributed by atoms with van der Waals surface area (Å²) in [4.78, 5) is 5.91. The first-order valence-electron chi connectivity index (χ1n) is 5.47. The fourth-order valence-corrected chi connectivity index (χ4v) is 2.31. The lowest BCUT2D eigenvalue weighted by atomic mass is 10.2. The van der Waals surface area contributed by atoms with Crippen LogP contribution in [0.4, 0.5) is 0 Å². The Balaban J connectivity index is 1.91. The van der Waals surface area contributed by atoms with E-state index in [1.54, 1.807) is 11.3 Å². The maximum Gasteiger partial charge on any atom is 0.0798 e. The van der Waals surface area contributed by atoms with E-state index in [4.69, 9.17) is 0 Å². The van der Waals surface area contributed by atoms with Crippen molar-refractivity contribution in [3.8, 4) is 0 Å². The largest absolute Gasteiger partial charge is 0.309 e. The Hall–Kier alpha value is -0.410. The van der Waals surface area contributed by atoms with E-state index in [1.807, 2.05) is 5.51 Å². The monoisotopic (exact) mass is 210 g/mol. The first-order valence-corrected chi connectivity index (χ1v) is 6.34. The quantitative estimate of drug-likeness (QED) is 0.808. The summed E-state index contributed by atoms with van der Waals surface area (Å²) in [6.45, 7) is 5.45. The summed E-state index contributed by atoms with van der Waals surface area (Å²) < 4.78 is 0. The molecule has 1 heterocycles. The van der Waals surface area contributed by atoms with Crippen LogP contribution >= 0.6 is 11.3 Å². The summed E-state index contributed by atoms with van der Waals surface area (Å²) in [5, 5.41) is 3.53. The minimum Gasteiger partial charge on any atom is -0.309 e. The van der Waals surface area contributed by atoms with E-state index < -0.39 is 0 Å². The van der Waals surface area contributed by atoms with Crippen LogP contribution in [0.5, 0.6) is 0 Å². The first kappa shape index (κ1) is 10.1. The number of nitrogens with zero attached hydrogens (tertiary/aromatic N) is 1. The molecule has 3 heteroatoms. The van der Waals surface area contributed by atoms with E-state index in [9.17, 15) is 0 Å². The van der Waals surface area contributed by atoms with Gasteiger partial charge in [0.05, 0.1) is 11.2 Å². The molecular weight excluding hydrogens is 192 g/mol. The Morgan fingerprint density at radius 3 is 3.07 bits per heavy atom. The van der Waals surface area contributed by atoms with Gasteiger partial charge in [-0.05, 0) is 26.2 Å². The molecule has 2 nitrogen and oxygen atoms in total. The molecule has 1 unspecified atom stereocenters. The normalized spacial score (nSPS) is 18.4. The van der Waals surface area contributed by atoms with Gasteiger partial charge in [-0.1, -0.05) is 6.92 Å². The molecule has 2 rings (SSSR count). The molecule has 78 valence electrons. The van der Waals surface area contributed by atoms with Crippen LogP contribution in [0.1, 0.15) is 49.6 Å². The van der Waals surface area contributed by atoms with Crippen molar-refractivity contribution in [2.45, 2.75) is 51.6 Å². The van der Waals surface area contributed by atoms with Gasteiger partial charge < -0.3 is 5.32 Å². The molecule has 14 heavy (non-hydrogen) atoms. The Labute approximate surface area is 89.8 Å². The SMILES string of the molecule is CCC(C)NCc1scnc1C1CC1. The molecule has 1 aromatic rings. The van der Waals surface area contributed by atoms with Gasteiger partial charge in [0.2, 0.25) is 0 Å². The third kappa shape index (κ3) is 2.34. The smallest absolute Gasteiger partial charge is 0.0798 e. The van der Waals surface area contributed by atoms with Crippen LogP contribution in [-0.2, 0) is 6.54 Å². The van der Waals surface area contributed by atoms with Gasteiger partial charge in [-0.15, -0.1) is 11.3 Å². The first-order chi connectivity index (χ1) is 6.81. The van der Waals surface area contributed by atoms with Gasteiger partial charge in [-0.3, -0.25) is 0 Å². The standard InChI is InChI=1S/C11H18N2S/c1-3-8(2)12-6-10-11(9-4-5-9)13-7-14-10/h7-9,12H,3-6H2,1-2H3. The number of thiazole rings is 1. The van der Waals surface area contributed by atoms with Crippen molar-refractivity contribution in [3.63, 3.8) is 0 Å². The summed E-state index contributed by atoms with van der Waals surface area (Å²) >= 11 is 1.80. The Bertz CT molecular complexity index is 291. The molecule has 1 atom stereocenters. The topological polar surface area (TPSA) is 24.9 Å². The van der Waals surface area contributed by atoms with E-state index in [-0.39, 0.29) is 0 Å². The van der Waals surface area contributed by atoms with E-state index >= 15 is 0 Å². The number of hydrogen-bond acceptors (Lipinski definition) is 3. The van der Waals surface area contributed by atoms with Crippen LogP contribution in [0, 0.1) is 0 Å². The van der Waals surface area contributed by atoms with Crippen LogP contribution in [0.25, 0.3) is 0 Å². The molecule has 1 aliphatic carbocycles. The zero-order valence-electron chi connectivity index (χ0n) is 8.92. The molecular formula is C11H18N2S. The highest BCUT2D eigenvalue weighted by atomic mass is 32.1. The Kier molecular flexibility index (Phi) is 3.19. The summed E-state index contributed by atoms with van der Waals surface area (Å²) in [6, 6.07) is 0.615. The summed E-state index contributed by atoms with van der Waals surface area (Å²) in [7, 11) is 0. The van der Waals surface area contributed by atoms with Gasteiger partial charge in [0.25, 0.3) is 0 Å². The van der Waals surface area contributed by atoms with Crippen LogP contribution in [-0.4, -0.2) is 11.0 Å². The molecule has 0 radical (unpaired) electrons. The van der Waals surface area contributed by atoms with Crippen LogP contribution < -0.4 is 5.32 Å². The van der Waals surface area contributed by atoms with Gasteiger partial charge in [0.1, 0.15) is 0 Å². The molecule has 0 saturated heterocycles. The predicted molar refractivity (Wildman–Crippen MR) is 60.7 cm³/mol. The third-order valence-corrected chi connectivity index (χ3v) is 3.71. The van der Waals surface area contributed by atoms with Gasteiger partial charge >= 0.3 is 0 Å². The average molecular weight is 210 g/mol. The molecule has 1 saturated carbocycles. The van der Waals surface area contributed by atoms with E-state index in [0.717, 1.165) is 12.5 Å². The van der Waals surface area contributed by atoms with Crippen LogP contribution in [0.3, 0.4) is 0 Å². The molecule has 0 bridgehead atoms. The fraction of sp³-hybridized carbons (Fsp3) is 0.727. The fourth-order valence-electron chi connectivity index (χ4n) is 1.51. The maximum absolute atomic E-state index is 4.46. The molecule has 1 aliphatic rings. The zero-order chi connectivity index (χ0) is 9.97. The second-order valence-corrected chi connectivity index (χ2v) is 5.06. The van der Waals surface area contributed by atoms with Crippen molar-refractivity contribution in [2.75, 3.05) is 0 Å². The summed E-state index contributed by atoms with van der Waals surface area (Å²) in [5.41, 5.74) is 3.35. The molecule has 0 aliphatic heterocycles. The van der Waals surface area contributed by atoms with Gasteiger partial charge in [0.15, 0.2) is 0 Å². The van der Waals surface area contributed by atoms with Crippen molar-refractivity contribution in [3.05, 3.63) is 16.1 Å². The predicted octanol–water partition coefficient (Wildman–Crippen LogP) is 2.91. The second-order valence-electron chi connectivity index (χ2n) is 4.13. The zero-order valence-corrected chi connectivity index (χ0v) is 9.73. The van der Waals surface area contributed by atoms with Gasteiger partial charge in [0, 0.05) is 23.4 Å². The van der Waals surface area contributed by atoms with E-state index in [2.05, 4.69) is 24.1 Å². The summed E-state index contributed by atoms with van der Waals surface area (Å²) in [6.07, 6.45) is 3.89. The van der Waals surface area contributed by atoms with Crippen molar-refractivity contribution >= 4 is 11.3 Å². The lowest BCUT2D eigenvalue weighted by molar-refractivity contribution is 0.535. The van der Waals surface area contributed by atoms with Crippen molar-refractivity contribution in [1.82, 2.24) is 10.3 Å². The molecule has 0 amide bonds. The number of nitrogens with one attached hydrogen (secondary N) is 1. The second kappa shape index (κ2) is 4.41. The molecule has 0 spiro atoms. The minimum absolute atomic E-state index is 0.615.